The van der Waals surface area contributed by atoms with Crippen molar-refractivity contribution in [2.45, 2.75) is 95.4 Å². The second-order valence-corrected chi connectivity index (χ2v) is 12.4. The van der Waals surface area contributed by atoms with Crippen molar-refractivity contribution in [1.29, 1.82) is 0 Å². The van der Waals surface area contributed by atoms with E-state index in [0.717, 1.165) is 30.4 Å². The molecular formula is C33H44O3. The molecule has 0 radical (unpaired) electrons. The van der Waals surface area contributed by atoms with Gasteiger partial charge in [-0.05, 0) is 91.2 Å². The lowest BCUT2D eigenvalue weighted by Gasteiger charge is -2.44. The Morgan fingerprint density at radius 3 is 2.50 bits per heavy atom. The topological polar surface area (TPSA) is 60.7 Å². The maximum atomic E-state index is 11.1. The second kappa shape index (κ2) is 10.1. The van der Waals surface area contributed by atoms with E-state index in [9.17, 15) is 15.3 Å². The molecule has 3 heteroatoms. The number of benzene rings is 1. The summed E-state index contributed by atoms with van der Waals surface area (Å²) in [6.07, 6.45) is 16.4. The molecule has 0 aliphatic heterocycles. The van der Waals surface area contributed by atoms with Crippen LogP contribution in [0.15, 0.2) is 77.9 Å². The summed E-state index contributed by atoms with van der Waals surface area (Å²) in [6.45, 7) is 8.92. The summed E-state index contributed by atoms with van der Waals surface area (Å²) in [5.74, 6) is 1.63. The first-order chi connectivity index (χ1) is 17.2. The molecule has 4 saturated carbocycles. The standard InChI is InChI=1S/C33H44O3/c1-22(11-16-31(36)33(18-19-33)26-9-5-4-6-10-26)28-14-15-29-24(8-7-17-32(28,29)3)12-13-25-20-27(34)21-30(35)23(25)2/h4-6,9-13,16,22,27-31,34-36H,2,7-8,14-15,17-21H2,1,3H3/b16-11+,24-12+,25-13+/t22-,27-,28-,29+,30+,31+,32-/m1/s1. The highest BCUT2D eigenvalue weighted by Crippen LogP contribution is 2.60. The molecule has 7 atom stereocenters. The van der Waals surface area contributed by atoms with E-state index in [0.29, 0.717) is 30.6 Å². The molecule has 4 aliphatic rings. The fourth-order valence-corrected chi connectivity index (χ4v) is 7.87. The Kier molecular flexibility index (Phi) is 7.20. The third-order valence-electron chi connectivity index (χ3n) is 10.2. The van der Waals surface area contributed by atoms with Crippen molar-refractivity contribution < 1.29 is 15.3 Å². The summed E-state index contributed by atoms with van der Waals surface area (Å²) in [7, 11) is 0. The molecule has 0 bridgehead atoms. The molecule has 0 saturated heterocycles. The van der Waals surface area contributed by atoms with Gasteiger partial charge in [-0.3, -0.25) is 0 Å². The predicted octanol–water partition coefficient (Wildman–Crippen LogP) is 6.41. The molecular weight excluding hydrogens is 444 g/mol. The monoisotopic (exact) mass is 488 g/mol. The summed E-state index contributed by atoms with van der Waals surface area (Å²) < 4.78 is 0. The average molecular weight is 489 g/mol. The maximum absolute atomic E-state index is 11.1. The number of fused-ring (bicyclic) bond motifs is 1. The van der Waals surface area contributed by atoms with Gasteiger partial charge in [0.05, 0.1) is 18.3 Å². The summed E-state index contributed by atoms with van der Waals surface area (Å²) in [4.78, 5) is 0. The fraction of sp³-hybridized carbons (Fsp3) is 0.576. The van der Waals surface area contributed by atoms with Gasteiger partial charge in [0.2, 0.25) is 0 Å². The molecule has 0 unspecified atom stereocenters. The van der Waals surface area contributed by atoms with E-state index in [4.69, 9.17) is 0 Å². The van der Waals surface area contributed by atoms with E-state index in [2.05, 4.69) is 69.0 Å². The van der Waals surface area contributed by atoms with Gasteiger partial charge in [0.25, 0.3) is 0 Å². The minimum atomic E-state index is -0.634. The van der Waals surface area contributed by atoms with E-state index >= 15 is 0 Å². The third kappa shape index (κ3) is 4.71. The van der Waals surface area contributed by atoms with Gasteiger partial charge >= 0.3 is 0 Å². The molecule has 36 heavy (non-hydrogen) atoms. The Hall–Kier alpha value is -1.94. The van der Waals surface area contributed by atoms with Crippen molar-refractivity contribution in [1.82, 2.24) is 0 Å². The summed E-state index contributed by atoms with van der Waals surface area (Å²) in [5.41, 5.74) is 4.74. The van der Waals surface area contributed by atoms with Crippen molar-refractivity contribution >= 4 is 0 Å². The van der Waals surface area contributed by atoms with Gasteiger partial charge in [-0.15, -0.1) is 0 Å². The van der Waals surface area contributed by atoms with Gasteiger partial charge in [0.1, 0.15) is 0 Å². The largest absolute Gasteiger partial charge is 0.393 e. The minimum absolute atomic E-state index is 0.0852. The quantitative estimate of drug-likeness (QED) is 0.405. The molecule has 3 nitrogen and oxygen atoms in total. The zero-order chi connectivity index (χ0) is 25.5. The second-order valence-electron chi connectivity index (χ2n) is 12.4. The van der Waals surface area contributed by atoms with Gasteiger partial charge in [-0.1, -0.05) is 80.6 Å². The van der Waals surface area contributed by atoms with Crippen molar-refractivity contribution in [3.63, 3.8) is 0 Å². The molecule has 194 valence electrons. The molecule has 0 spiro atoms. The Morgan fingerprint density at radius 2 is 1.78 bits per heavy atom. The van der Waals surface area contributed by atoms with Crippen LogP contribution in [-0.2, 0) is 5.41 Å². The molecule has 0 aromatic heterocycles. The molecule has 0 amide bonds. The van der Waals surface area contributed by atoms with Crippen LogP contribution >= 0.6 is 0 Å². The number of allylic oxidation sites excluding steroid dienone is 4. The molecule has 4 aliphatic carbocycles. The minimum Gasteiger partial charge on any atom is -0.393 e. The number of hydrogen-bond acceptors (Lipinski definition) is 3. The van der Waals surface area contributed by atoms with Crippen molar-refractivity contribution in [2.75, 3.05) is 0 Å². The van der Waals surface area contributed by atoms with Crippen LogP contribution in [0.1, 0.15) is 77.2 Å². The molecule has 1 aromatic carbocycles. The maximum Gasteiger partial charge on any atom is 0.0817 e. The van der Waals surface area contributed by atoms with E-state index in [1.807, 2.05) is 6.07 Å². The highest BCUT2D eigenvalue weighted by molar-refractivity contribution is 5.39. The Morgan fingerprint density at radius 1 is 1.03 bits per heavy atom. The lowest BCUT2D eigenvalue weighted by molar-refractivity contribution is 0.0862. The van der Waals surface area contributed by atoms with E-state index in [1.165, 1.54) is 36.8 Å². The number of rotatable bonds is 6. The van der Waals surface area contributed by atoms with Gasteiger partial charge in [-0.25, -0.2) is 0 Å². The number of aliphatic hydroxyl groups is 3. The number of hydrogen-bond donors (Lipinski definition) is 3. The van der Waals surface area contributed by atoms with Crippen LogP contribution in [-0.4, -0.2) is 33.6 Å². The van der Waals surface area contributed by atoms with Crippen LogP contribution in [0.4, 0.5) is 0 Å². The highest BCUT2D eigenvalue weighted by atomic mass is 16.3. The van der Waals surface area contributed by atoms with Crippen molar-refractivity contribution in [3.8, 4) is 0 Å². The first-order valence-corrected chi connectivity index (χ1v) is 14.1. The van der Waals surface area contributed by atoms with Crippen molar-refractivity contribution in [3.05, 3.63) is 83.5 Å². The van der Waals surface area contributed by atoms with Gasteiger partial charge in [-0.2, -0.15) is 0 Å². The SMILES string of the molecule is C=C1/C(=C/C=C2\CCC[C@]3(C)[C@@H]([C@H](C)/C=C/[C@H](O)C4(c5ccccc5)CC4)CC[C@@H]23)C[C@@H](O)C[C@@H]1O. The molecule has 4 fully saturated rings. The van der Waals surface area contributed by atoms with Crippen LogP contribution in [0, 0.1) is 23.2 Å². The van der Waals surface area contributed by atoms with Crippen LogP contribution in [0.25, 0.3) is 0 Å². The zero-order valence-corrected chi connectivity index (χ0v) is 22.1. The Balaban J connectivity index is 1.29. The lowest BCUT2D eigenvalue weighted by atomic mass is 9.61. The summed E-state index contributed by atoms with van der Waals surface area (Å²) in [6, 6.07) is 10.5. The van der Waals surface area contributed by atoms with Crippen LogP contribution in [0.3, 0.4) is 0 Å². The van der Waals surface area contributed by atoms with Gasteiger partial charge in [0.15, 0.2) is 0 Å². The van der Waals surface area contributed by atoms with Crippen LogP contribution in [0.5, 0.6) is 0 Å². The van der Waals surface area contributed by atoms with E-state index in [1.54, 1.807) is 0 Å². The third-order valence-corrected chi connectivity index (χ3v) is 10.2. The fourth-order valence-electron chi connectivity index (χ4n) is 7.87. The lowest BCUT2D eigenvalue weighted by Crippen LogP contribution is -2.35. The first kappa shape index (κ1) is 25.7. The molecule has 1 aromatic rings. The van der Waals surface area contributed by atoms with Crippen LogP contribution in [0.2, 0.25) is 0 Å². The molecule has 3 N–H and O–H groups in total. The van der Waals surface area contributed by atoms with E-state index < -0.39 is 18.3 Å². The summed E-state index contributed by atoms with van der Waals surface area (Å²) >= 11 is 0. The van der Waals surface area contributed by atoms with Crippen LogP contribution < -0.4 is 0 Å². The molecule has 0 heterocycles. The summed E-state index contributed by atoms with van der Waals surface area (Å²) in [5, 5.41) is 31.4. The van der Waals surface area contributed by atoms with Gasteiger partial charge < -0.3 is 15.3 Å². The average Bonchev–Trinajstić information content (AvgIpc) is 3.60. The van der Waals surface area contributed by atoms with Gasteiger partial charge in [0, 0.05) is 11.8 Å². The Labute approximate surface area is 217 Å². The predicted molar refractivity (Wildman–Crippen MR) is 146 cm³/mol. The van der Waals surface area contributed by atoms with E-state index in [-0.39, 0.29) is 10.8 Å². The highest BCUT2D eigenvalue weighted by Gasteiger charge is 2.51. The van der Waals surface area contributed by atoms with Crippen molar-refractivity contribution in [2.24, 2.45) is 23.2 Å². The first-order valence-electron chi connectivity index (χ1n) is 14.1. The normalized spacial score (nSPS) is 37.9. The Bertz CT molecular complexity index is 1050. The molecule has 5 rings (SSSR count). The smallest absolute Gasteiger partial charge is 0.0817 e. The number of aliphatic hydroxyl groups excluding tert-OH is 3. The zero-order valence-electron chi connectivity index (χ0n) is 22.1.